The van der Waals surface area contributed by atoms with E-state index in [9.17, 15) is 4.79 Å². The van der Waals surface area contributed by atoms with Gasteiger partial charge in [-0.05, 0) is 32.0 Å². The van der Waals surface area contributed by atoms with Gasteiger partial charge in [-0.1, -0.05) is 17.7 Å². The van der Waals surface area contributed by atoms with Crippen molar-refractivity contribution in [1.29, 1.82) is 0 Å². The van der Waals surface area contributed by atoms with Gasteiger partial charge in [0.1, 0.15) is 0 Å². The van der Waals surface area contributed by atoms with E-state index in [1.807, 2.05) is 7.05 Å². The van der Waals surface area contributed by atoms with E-state index in [1.54, 1.807) is 0 Å². The van der Waals surface area contributed by atoms with E-state index in [0.29, 0.717) is 0 Å². The summed E-state index contributed by atoms with van der Waals surface area (Å²) in [5, 5.41) is 6.08. The van der Waals surface area contributed by atoms with Gasteiger partial charge >= 0.3 is 6.09 Å². The molecule has 1 amide bonds. The summed E-state index contributed by atoms with van der Waals surface area (Å²) in [6.45, 7) is 4.74. The number of anilines is 1. The molecule has 2 rings (SSSR count). The molecule has 110 valence electrons. The van der Waals surface area contributed by atoms with Gasteiger partial charge in [-0.25, -0.2) is 4.79 Å². The smallest absolute Gasteiger partial charge is 0.407 e. The first-order chi connectivity index (χ1) is 9.63. The third-order valence-corrected chi connectivity index (χ3v) is 3.64. The fourth-order valence-electron chi connectivity index (χ4n) is 2.68. The van der Waals surface area contributed by atoms with Gasteiger partial charge < -0.3 is 20.3 Å². The fraction of sp³-hybridized carbons (Fsp3) is 0.533. The second-order valence-corrected chi connectivity index (χ2v) is 5.23. The third kappa shape index (κ3) is 3.42. The summed E-state index contributed by atoms with van der Waals surface area (Å²) in [6, 6.07) is 6.68. The second-order valence-electron chi connectivity index (χ2n) is 5.23. The Hall–Kier alpha value is -1.75. The maximum absolute atomic E-state index is 11.3. The summed E-state index contributed by atoms with van der Waals surface area (Å²) in [5.41, 5.74) is 3.81. The molecule has 20 heavy (non-hydrogen) atoms. The zero-order valence-electron chi connectivity index (χ0n) is 12.4. The van der Waals surface area contributed by atoms with Crippen LogP contribution in [0.15, 0.2) is 18.2 Å². The van der Waals surface area contributed by atoms with Crippen LogP contribution < -0.4 is 15.5 Å². The molecule has 0 radical (unpaired) electrons. The monoisotopic (exact) mass is 277 g/mol. The molecule has 1 saturated heterocycles. The summed E-state index contributed by atoms with van der Waals surface area (Å²) >= 11 is 0. The van der Waals surface area contributed by atoms with Crippen molar-refractivity contribution in [3.8, 4) is 0 Å². The number of carbonyl (C=O) groups is 1. The van der Waals surface area contributed by atoms with Crippen LogP contribution in [0.4, 0.5) is 10.5 Å². The van der Waals surface area contributed by atoms with Gasteiger partial charge in [-0.2, -0.15) is 0 Å². The molecule has 0 spiro atoms. The Labute approximate surface area is 120 Å². The van der Waals surface area contributed by atoms with Crippen LogP contribution >= 0.6 is 0 Å². The molecule has 1 aromatic rings. The van der Waals surface area contributed by atoms with E-state index in [2.05, 4.69) is 45.4 Å². The third-order valence-electron chi connectivity index (χ3n) is 3.64. The lowest BCUT2D eigenvalue weighted by Gasteiger charge is -2.22. The van der Waals surface area contributed by atoms with Crippen molar-refractivity contribution in [3.63, 3.8) is 0 Å². The number of benzene rings is 1. The molecule has 1 aliphatic rings. The Morgan fingerprint density at radius 3 is 3.00 bits per heavy atom. The zero-order valence-corrected chi connectivity index (χ0v) is 12.4. The van der Waals surface area contributed by atoms with Gasteiger partial charge in [0, 0.05) is 25.3 Å². The minimum atomic E-state index is -0.351. The lowest BCUT2D eigenvalue weighted by Crippen LogP contribution is -2.37. The highest BCUT2D eigenvalue weighted by Gasteiger charge is 2.25. The van der Waals surface area contributed by atoms with E-state index in [4.69, 9.17) is 0 Å². The average Bonchev–Trinajstić information content (AvgIpc) is 2.87. The predicted molar refractivity (Wildman–Crippen MR) is 80.1 cm³/mol. The summed E-state index contributed by atoms with van der Waals surface area (Å²) in [5.74, 6) is 0. The SMILES string of the molecule is CNCc1cc(C)ccc1N1CCC(NC(=O)OC)C1. The number of nitrogens with one attached hydrogen (secondary N) is 2. The van der Waals surface area contributed by atoms with Crippen molar-refractivity contribution in [2.24, 2.45) is 0 Å². The van der Waals surface area contributed by atoms with Crippen molar-refractivity contribution >= 4 is 11.8 Å². The van der Waals surface area contributed by atoms with Gasteiger partial charge in [-0.15, -0.1) is 0 Å². The van der Waals surface area contributed by atoms with Crippen LogP contribution in [0.5, 0.6) is 0 Å². The molecule has 1 atom stereocenters. The molecule has 1 fully saturated rings. The maximum atomic E-state index is 11.3. The molecule has 2 N–H and O–H groups in total. The van der Waals surface area contributed by atoms with E-state index in [1.165, 1.54) is 23.9 Å². The number of hydrogen-bond donors (Lipinski definition) is 2. The summed E-state index contributed by atoms with van der Waals surface area (Å²) < 4.78 is 4.65. The highest BCUT2D eigenvalue weighted by atomic mass is 16.5. The van der Waals surface area contributed by atoms with Crippen LogP contribution in [-0.2, 0) is 11.3 Å². The first-order valence-electron chi connectivity index (χ1n) is 6.97. The Balaban J connectivity index is 2.07. The lowest BCUT2D eigenvalue weighted by atomic mass is 10.1. The number of rotatable bonds is 4. The molecule has 0 aliphatic carbocycles. The molecule has 5 heteroatoms. The van der Waals surface area contributed by atoms with Gasteiger partial charge in [0.15, 0.2) is 0 Å². The van der Waals surface area contributed by atoms with Crippen LogP contribution in [0, 0.1) is 6.92 Å². The molecule has 0 saturated carbocycles. The van der Waals surface area contributed by atoms with Crippen LogP contribution in [0.2, 0.25) is 0 Å². The quantitative estimate of drug-likeness (QED) is 0.878. The molecule has 0 aromatic heterocycles. The Morgan fingerprint density at radius 2 is 2.30 bits per heavy atom. The molecular formula is C15H23N3O2. The maximum Gasteiger partial charge on any atom is 0.407 e. The molecule has 0 bridgehead atoms. The lowest BCUT2D eigenvalue weighted by molar-refractivity contribution is 0.167. The Bertz CT molecular complexity index is 476. The summed E-state index contributed by atoms with van der Waals surface area (Å²) in [4.78, 5) is 13.6. The number of aryl methyl sites for hydroxylation is 1. The van der Waals surface area contributed by atoms with Gasteiger partial charge in [0.2, 0.25) is 0 Å². The zero-order chi connectivity index (χ0) is 14.5. The van der Waals surface area contributed by atoms with Gasteiger partial charge in [0.05, 0.1) is 13.2 Å². The summed E-state index contributed by atoms with van der Waals surface area (Å²) in [7, 11) is 3.35. The van der Waals surface area contributed by atoms with Crippen molar-refractivity contribution < 1.29 is 9.53 Å². The first kappa shape index (κ1) is 14.7. The number of amides is 1. The minimum absolute atomic E-state index is 0.159. The standard InChI is InChI=1S/C15H23N3O2/c1-11-4-5-14(12(8-11)9-16-2)18-7-6-13(10-18)17-15(19)20-3/h4-5,8,13,16H,6-7,9-10H2,1-3H3,(H,17,19). The fourth-order valence-corrected chi connectivity index (χ4v) is 2.68. The van der Waals surface area contributed by atoms with Crippen molar-refractivity contribution in [2.45, 2.75) is 25.9 Å². The number of carbonyl (C=O) groups excluding carboxylic acids is 1. The number of hydrogen-bond acceptors (Lipinski definition) is 4. The van der Waals surface area contributed by atoms with E-state index >= 15 is 0 Å². The highest BCUT2D eigenvalue weighted by Crippen LogP contribution is 2.25. The number of ether oxygens (including phenoxy) is 1. The molecule has 1 aliphatic heterocycles. The van der Waals surface area contributed by atoms with Gasteiger partial charge in [0.25, 0.3) is 0 Å². The predicted octanol–water partition coefficient (Wildman–Crippen LogP) is 1.65. The van der Waals surface area contributed by atoms with Crippen LogP contribution in [0.25, 0.3) is 0 Å². The molecule has 1 unspecified atom stereocenters. The normalized spacial score (nSPS) is 18.1. The minimum Gasteiger partial charge on any atom is -0.453 e. The molecule has 5 nitrogen and oxygen atoms in total. The van der Waals surface area contributed by atoms with Crippen molar-refractivity contribution in [2.75, 3.05) is 32.1 Å². The largest absolute Gasteiger partial charge is 0.453 e. The Morgan fingerprint density at radius 1 is 1.50 bits per heavy atom. The average molecular weight is 277 g/mol. The highest BCUT2D eigenvalue weighted by molar-refractivity contribution is 5.67. The van der Waals surface area contributed by atoms with Crippen molar-refractivity contribution in [3.05, 3.63) is 29.3 Å². The molecule has 1 heterocycles. The number of nitrogens with zero attached hydrogens (tertiary/aromatic N) is 1. The van der Waals surface area contributed by atoms with Gasteiger partial charge in [-0.3, -0.25) is 0 Å². The summed E-state index contributed by atoms with van der Waals surface area (Å²) in [6.07, 6.45) is 0.596. The first-order valence-corrected chi connectivity index (χ1v) is 6.97. The van der Waals surface area contributed by atoms with E-state index < -0.39 is 0 Å². The molecular weight excluding hydrogens is 254 g/mol. The van der Waals surface area contributed by atoms with E-state index in [0.717, 1.165) is 26.1 Å². The second kappa shape index (κ2) is 6.61. The van der Waals surface area contributed by atoms with Crippen LogP contribution in [0.1, 0.15) is 17.5 Å². The topological polar surface area (TPSA) is 53.6 Å². The Kier molecular flexibility index (Phi) is 4.84. The van der Waals surface area contributed by atoms with Crippen LogP contribution in [0.3, 0.4) is 0 Å². The van der Waals surface area contributed by atoms with E-state index in [-0.39, 0.29) is 12.1 Å². The molecule has 1 aromatic carbocycles. The number of methoxy groups -OCH3 is 1. The van der Waals surface area contributed by atoms with Crippen molar-refractivity contribution in [1.82, 2.24) is 10.6 Å². The number of alkyl carbamates (subject to hydrolysis) is 1. The van der Waals surface area contributed by atoms with Crippen LogP contribution in [-0.4, -0.2) is 39.4 Å².